The van der Waals surface area contributed by atoms with E-state index >= 15 is 0 Å². The largest absolute Gasteiger partial charge is 0.495 e. The molecule has 0 saturated heterocycles. The van der Waals surface area contributed by atoms with Crippen LogP contribution in [-0.4, -0.2) is 30.9 Å². The third-order valence-electron chi connectivity index (χ3n) is 4.20. The van der Waals surface area contributed by atoms with Crippen molar-refractivity contribution >= 4 is 29.1 Å². The standard InChI is InChI=1S/C21H23F2N3O4/c1-11(2)19(26-20(28)18-14(22)6-5-7-15(18)23)21(29)25-13-8-9-17(30-4)16(10-13)24-12(3)27/h5-11,19H,1-4H3,(H,24,27)(H,25,29)(H,26,28). The van der Waals surface area contributed by atoms with E-state index in [1.165, 1.54) is 20.1 Å². The van der Waals surface area contributed by atoms with Crippen LogP contribution in [0.2, 0.25) is 0 Å². The van der Waals surface area contributed by atoms with Crippen LogP contribution >= 0.6 is 0 Å². The zero-order valence-electron chi connectivity index (χ0n) is 17.0. The maximum absolute atomic E-state index is 13.9. The third kappa shape index (κ3) is 5.53. The summed E-state index contributed by atoms with van der Waals surface area (Å²) in [6.07, 6.45) is 0. The molecule has 0 aliphatic carbocycles. The van der Waals surface area contributed by atoms with Gasteiger partial charge >= 0.3 is 0 Å². The Hall–Kier alpha value is -3.49. The van der Waals surface area contributed by atoms with Crippen molar-refractivity contribution < 1.29 is 27.9 Å². The predicted molar refractivity (Wildman–Crippen MR) is 108 cm³/mol. The Morgan fingerprint density at radius 1 is 1.00 bits per heavy atom. The quantitative estimate of drug-likeness (QED) is 0.641. The minimum Gasteiger partial charge on any atom is -0.495 e. The number of ether oxygens (including phenoxy) is 1. The van der Waals surface area contributed by atoms with Gasteiger partial charge in [0.05, 0.1) is 12.8 Å². The highest BCUT2D eigenvalue weighted by Crippen LogP contribution is 2.28. The summed E-state index contributed by atoms with van der Waals surface area (Å²) in [4.78, 5) is 36.5. The highest BCUT2D eigenvalue weighted by atomic mass is 19.1. The van der Waals surface area contributed by atoms with E-state index in [1.54, 1.807) is 26.0 Å². The molecule has 0 fully saturated rings. The number of amides is 3. The van der Waals surface area contributed by atoms with E-state index in [0.29, 0.717) is 17.1 Å². The Morgan fingerprint density at radius 3 is 2.17 bits per heavy atom. The molecule has 30 heavy (non-hydrogen) atoms. The lowest BCUT2D eigenvalue weighted by Crippen LogP contribution is -2.47. The number of carbonyl (C=O) groups is 3. The molecule has 0 bridgehead atoms. The molecule has 160 valence electrons. The average molecular weight is 419 g/mol. The molecule has 0 aliphatic heterocycles. The average Bonchev–Trinajstić information content (AvgIpc) is 2.65. The lowest BCUT2D eigenvalue weighted by Gasteiger charge is -2.22. The van der Waals surface area contributed by atoms with Gasteiger partial charge in [-0.1, -0.05) is 19.9 Å². The van der Waals surface area contributed by atoms with Crippen LogP contribution in [0.3, 0.4) is 0 Å². The molecule has 0 aliphatic rings. The van der Waals surface area contributed by atoms with Crippen LogP contribution < -0.4 is 20.7 Å². The fourth-order valence-corrected chi connectivity index (χ4v) is 2.76. The Bertz CT molecular complexity index is 943. The van der Waals surface area contributed by atoms with Gasteiger partial charge in [0.25, 0.3) is 5.91 Å². The van der Waals surface area contributed by atoms with Crippen LogP contribution in [0, 0.1) is 17.6 Å². The smallest absolute Gasteiger partial charge is 0.257 e. The van der Waals surface area contributed by atoms with Gasteiger partial charge in [-0.2, -0.15) is 0 Å². The van der Waals surface area contributed by atoms with E-state index < -0.39 is 35.1 Å². The van der Waals surface area contributed by atoms with Gasteiger partial charge in [0.2, 0.25) is 11.8 Å². The fourth-order valence-electron chi connectivity index (χ4n) is 2.76. The molecule has 0 aromatic heterocycles. The Labute approximate surface area is 172 Å². The Kier molecular flexibility index (Phi) is 7.46. The summed E-state index contributed by atoms with van der Waals surface area (Å²) >= 11 is 0. The summed E-state index contributed by atoms with van der Waals surface area (Å²) in [6, 6.07) is 6.60. The number of halogens is 2. The summed E-state index contributed by atoms with van der Waals surface area (Å²) in [7, 11) is 1.44. The molecular formula is C21H23F2N3O4. The summed E-state index contributed by atoms with van der Waals surface area (Å²) in [5.74, 6) is -3.97. The summed E-state index contributed by atoms with van der Waals surface area (Å²) in [6.45, 7) is 4.69. The van der Waals surface area contributed by atoms with Crippen LogP contribution in [0.25, 0.3) is 0 Å². The highest BCUT2D eigenvalue weighted by Gasteiger charge is 2.27. The van der Waals surface area contributed by atoms with E-state index in [-0.39, 0.29) is 11.8 Å². The number of hydrogen-bond donors (Lipinski definition) is 3. The molecule has 3 amide bonds. The number of nitrogens with one attached hydrogen (secondary N) is 3. The van der Waals surface area contributed by atoms with E-state index in [9.17, 15) is 23.2 Å². The number of anilines is 2. The van der Waals surface area contributed by atoms with Crippen LogP contribution in [0.1, 0.15) is 31.1 Å². The Morgan fingerprint density at radius 2 is 1.63 bits per heavy atom. The predicted octanol–water partition coefficient (Wildman–Crippen LogP) is 3.32. The second kappa shape index (κ2) is 9.82. The molecule has 1 atom stereocenters. The minimum atomic E-state index is -1.07. The maximum atomic E-state index is 13.9. The van der Waals surface area contributed by atoms with Crippen molar-refractivity contribution in [2.24, 2.45) is 5.92 Å². The molecule has 0 heterocycles. The molecule has 2 aromatic carbocycles. The zero-order chi connectivity index (χ0) is 22.4. The number of carbonyl (C=O) groups excluding carboxylic acids is 3. The number of hydrogen-bond acceptors (Lipinski definition) is 4. The first-order valence-corrected chi connectivity index (χ1v) is 9.15. The molecule has 0 saturated carbocycles. The fraction of sp³-hybridized carbons (Fsp3) is 0.286. The molecule has 2 aromatic rings. The topological polar surface area (TPSA) is 96.5 Å². The third-order valence-corrected chi connectivity index (χ3v) is 4.20. The van der Waals surface area contributed by atoms with E-state index in [2.05, 4.69) is 16.0 Å². The van der Waals surface area contributed by atoms with Crippen LogP contribution in [0.15, 0.2) is 36.4 Å². The van der Waals surface area contributed by atoms with Crippen molar-refractivity contribution in [1.82, 2.24) is 5.32 Å². The normalized spacial score (nSPS) is 11.6. The van der Waals surface area contributed by atoms with Gasteiger partial charge in [-0.05, 0) is 36.2 Å². The first-order chi connectivity index (χ1) is 14.1. The molecule has 0 radical (unpaired) electrons. The minimum absolute atomic E-state index is 0.323. The van der Waals surface area contributed by atoms with E-state index in [0.717, 1.165) is 18.2 Å². The van der Waals surface area contributed by atoms with Crippen molar-refractivity contribution in [3.63, 3.8) is 0 Å². The number of rotatable bonds is 7. The first-order valence-electron chi connectivity index (χ1n) is 9.15. The monoisotopic (exact) mass is 419 g/mol. The van der Waals surface area contributed by atoms with E-state index in [1.807, 2.05) is 0 Å². The van der Waals surface area contributed by atoms with Crippen molar-refractivity contribution in [3.8, 4) is 5.75 Å². The van der Waals surface area contributed by atoms with Gasteiger partial charge in [0.1, 0.15) is 29.0 Å². The summed E-state index contributed by atoms with van der Waals surface area (Å²) in [5.41, 5.74) is -0.0729. The van der Waals surface area contributed by atoms with Crippen LogP contribution in [-0.2, 0) is 9.59 Å². The first kappa shape index (κ1) is 22.8. The molecule has 0 spiro atoms. The van der Waals surface area contributed by atoms with Gasteiger partial charge in [-0.15, -0.1) is 0 Å². The van der Waals surface area contributed by atoms with Crippen molar-refractivity contribution in [2.45, 2.75) is 26.8 Å². The van der Waals surface area contributed by atoms with Gasteiger partial charge in [0, 0.05) is 12.6 Å². The van der Waals surface area contributed by atoms with Gasteiger partial charge < -0.3 is 20.7 Å². The zero-order valence-corrected chi connectivity index (χ0v) is 17.0. The van der Waals surface area contributed by atoms with Crippen molar-refractivity contribution in [1.29, 1.82) is 0 Å². The van der Waals surface area contributed by atoms with Crippen LogP contribution in [0.5, 0.6) is 5.75 Å². The molecule has 3 N–H and O–H groups in total. The van der Waals surface area contributed by atoms with Gasteiger partial charge in [0.15, 0.2) is 0 Å². The SMILES string of the molecule is COc1ccc(NC(=O)C(NC(=O)c2c(F)cccc2F)C(C)C)cc1NC(C)=O. The van der Waals surface area contributed by atoms with E-state index in [4.69, 9.17) is 4.74 Å². The molecule has 7 nitrogen and oxygen atoms in total. The second-order valence-corrected chi connectivity index (χ2v) is 6.88. The van der Waals surface area contributed by atoms with Crippen molar-refractivity contribution in [3.05, 3.63) is 53.6 Å². The molecule has 2 rings (SSSR count). The number of methoxy groups -OCH3 is 1. The lowest BCUT2D eigenvalue weighted by molar-refractivity contribution is -0.119. The summed E-state index contributed by atoms with van der Waals surface area (Å²) in [5, 5.41) is 7.59. The lowest BCUT2D eigenvalue weighted by atomic mass is 10.0. The Balaban J connectivity index is 2.22. The maximum Gasteiger partial charge on any atom is 0.257 e. The molecular weight excluding hydrogens is 396 g/mol. The number of benzene rings is 2. The van der Waals surface area contributed by atoms with Crippen LogP contribution in [0.4, 0.5) is 20.2 Å². The highest BCUT2D eigenvalue weighted by molar-refractivity contribution is 6.02. The van der Waals surface area contributed by atoms with Gasteiger partial charge in [-0.25, -0.2) is 8.78 Å². The van der Waals surface area contributed by atoms with Crippen molar-refractivity contribution in [2.75, 3.05) is 17.7 Å². The molecule has 9 heteroatoms. The summed E-state index contributed by atoms with van der Waals surface area (Å²) < 4.78 is 32.9. The molecule has 1 unspecified atom stereocenters. The second-order valence-electron chi connectivity index (χ2n) is 6.88. The van der Waals surface area contributed by atoms with Gasteiger partial charge in [-0.3, -0.25) is 14.4 Å².